The first-order valence-corrected chi connectivity index (χ1v) is 8.38. The molecule has 1 amide bonds. The monoisotopic (exact) mass is 283 g/mol. The van der Waals surface area contributed by atoms with Crippen molar-refractivity contribution in [3.05, 3.63) is 0 Å². The second kappa shape index (κ2) is 9.38. The maximum Gasteiger partial charge on any atom is 0.222 e. The molecule has 1 aliphatic rings. The third-order valence-corrected chi connectivity index (χ3v) is 4.01. The van der Waals surface area contributed by atoms with Crippen LogP contribution in [0, 0.1) is 11.8 Å². The lowest BCUT2D eigenvalue weighted by atomic mass is 9.88. The fraction of sp³-hybridized carbons (Fsp3) is 0.941. The Morgan fingerprint density at radius 3 is 2.35 bits per heavy atom. The summed E-state index contributed by atoms with van der Waals surface area (Å²) < 4.78 is 5.50. The Labute approximate surface area is 125 Å². The topological polar surface area (TPSA) is 29.5 Å². The van der Waals surface area contributed by atoms with Gasteiger partial charge in [0.25, 0.3) is 0 Å². The zero-order valence-corrected chi connectivity index (χ0v) is 13.9. The minimum absolute atomic E-state index is 0.297. The van der Waals surface area contributed by atoms with Crippen molar-refractivity contribution in [3.8, 4) is 0 Å². The number of nitrogens with zero attached hydrogens (tertiary/aromatic N) is 1. The molecule has 0 spiro atoms. The van der Waals surface area contributed by atoms with Gasteiger partial charge in [-0.05, 0) is 57.8 Å². The smallest absolute Gasteiger partial charge is 0.222 e. The van der Waals surface area contributed by atoms with Gasteiger partial charge in [0.15, 0.2) is 0 Å². The average Bonchev–Trinajstić information content (AvgIpc) is 2.38. The van der Waals surface area contributed by atoms with E-state index in [-0.39, 0.29) is 0 Å². The molecule has 3 heteroatoms. The molecule has 1 heterocycles. The van der Waals surface area contributed by atoms with E-state index in [1.54, 1.807) is 0 Å². The lowest BCUT2D eigenvalue weighted by Crippen LogP contribution is -2.38. The number of likely N-dealkylation sites (tertiary alicyclic amines) is 1. The Balaban J connectivity index is 2.10. The van der Waals surface area contributed by atoms with Gasteiger partial charge in [-0.15, -0.1) is 0 Å². The molecule has 1 aliphatic heterocycles. The average molecular weight is 283 g/mol. The SMILES string of the molecule is CC(C)CC1CCN(C(=O)CCCCOC(C)C)CC1. The number of hydrogen-bond acceptors (Lipinski definition) is 2. The molecule has 0 aromatic heterocycles. The van der Waals surface area contributed by atoms with E-state index >= 15 is 0 Å². The Morgan fingerprint density at radius 1 is 1.15 bits per heavy atom. The van der Waals surface area contributed by atoms with Crippen LogP contribution in [-0.2, 0) is 9.53 Å². The van der Waals surface area contributed by atoms with E-state index in [0.717, 1.165) is 44.4 Å². The lowest BCUT2D eigenvalue weighted by molar-refractivity contribution is -0.132. The first-order valence-electron chi connectivity index (χ1n) is 8.38. The highest BCUT2D eigenvalue weighted by Gasteiger charge is 2.22. The van der Waals surface area contributed by atoms with Crippen LogP contribution in [0.1, 0.15) is 66.2 Å². The van der Waals surface area contributed by atoms with E-state index in [1.165, 1.54) is 19.3 Å². The summed E-state index contributed by atoms with van der Waals surface area (Å²) in [7, 11) is 0. The largest absolute Gasteiger partial charge is 0.379 e. The summed E-state index contributed by atoms with van der Waals surface area (Å²) in [6, 6.07) is 0. The molecule has 0 aromatic rings. The molecule has 0 aliphatic carbocycles. The number of carbonyl (C=O) groups excluding carboxylic acids is 1. The molecule has 0 unspecified atom stereocenters. The summed E-state index contributed by atoms with van der Waals surface area (Å²) in [5, 5.41) is 0. The molecule has 3 nitrogen and oxygen atoms in total. The first-order chi connectivity index (χ1) is 9.49. The lowest BCUT2D eigenvalue weighted by Gasteiger charge is -2.32. The van der Waals surface area contributed by atoms with Crippen molar-refractivity contribution in [2.75, 3.05) is 19.7 Å². The molecule has 118 valence electrons. The number of carbonyl (C=O) groups is 1. The van der Waals surface area contributed by atoms with Crippen LogP contribution in [0.25, 0.3) is 0 Å². The quantitative estimate of drug-likeness (QED) is 0.633. The molecule has 0 atom stereocenters. The Morgan fingerprint density at radius 2 is 1.80 bits per heavy atom. The van der Waals surface area contributed by atoms with E-state index in [0.29, 0.717) is 18.4 Å². The number of amides is 1. The van der Waals surface area contributed by atoms with Gasteiger partial charge in [0.1, 0.15) is 0 Å². The van der Waals surface area contributed by atoms with E-state index in [9.17, 15) is 4.79 Å². The summed E-state index contributed by atoms with van der Waals surface area (Å²) in [6.07, 6.45) is 6.64. The number of hydrogen-bond donors (Lipinski definition) is 0. The summed E-state index contributed by atoms with van der Waals surface area (Å²) in [4.78, 5) is 14.2. The molecular weight excluding hydrogens is 250 g/mol. The van der Waals surface area contributed by atoms with Gasteiger partial charge in [-0.1, -0.05) is 13.8 Å². The van der Waals surface area contributed by atoms with Crippen molar-refractivity contribution in [1.29, 1.82) is 0 Å². The number of piperidine rings is 1. The molecular formula is C17H33NO2. The standard InChI is InChI=1S/C17H33NO2/c1-14(2)13-16-8-10-18(11-9-16)17(19)7-5-6-12-20-15(3)4/h14-16H,5-13H2,1-4H3. The number of ether oxygens (including phenoxy) is 1. The summed E-state index contributed by atoms with van der Waals surface area (Å²) in [5.74, 6) is 1.96. The van der Waals surface area contributed by atoms with Crippen LogP contribution in [0.15, 0.2) is 0 Å². The highest BCUT2D eigenvalue weighted by atomic mass is 16.5. The van der Waals surface area contributed by atoms with Gasteiger partial charge in [-0.2, -0.15) is 0 Å². The van der Waals surface area contributed by atoms with E-state index in [4.69, 9.17) is 4.74 Å². The van der Waals surface area contributed by atoms with Gasteiger partial charge >= 0.3 is 0 Å². The summed E-state index contributed by atoms with van der Waals surface area (Å²) in [6.45, 7) is 11.4. The van der Waals surface area contributed by atoms with Crippen molar-refractivity contribution in [1.82, 2.24) is 4.90 Å². The summed E-state index contributed by atoms with van der Waals surface area (Å²) >= 11 is 0. The van der Waals surface area contributed by atoms with Crippen molar-refractivity contribution in [3.63, 3.8) is 0 Å². The Kier molecular flexibility index (Phi) is 8.20. The van der Waals surface area contributed by atoms with Crippen LogP contribution in [-0.4, -0.2) is 36.6 Å². The second-order valence-corrected chi connectivity index (χ2v) is 6.83. The van der Waals surface area contributed by atoms with Crippen LogP contribution in [0.2, 0.25) is 0 Å². The van der Waals surface area contributed by atoms with E-state index in [2.05, 4.69) is 18.7 Å². The second-order valence-electron chi connectivity index (χ2n) is 6.83. The van der Waals surface area contributed by atoms with Crippen LogP contribution in [0.3, 0.4) is 0 Å². The molecule has 1 saturated heterocycles. The fourth-order valence-electron chi connectivity index (χ4n) is 2.94. The molecule has 0 bridgehead atoms. The molecule has 1 fully saturated rings. The first kappa shape index (κ1) is 17.5. The zero-order valence-electron chi connectivity index (χ0n) is 13.9. The van der Waals surface area contributed by atoms with Gasteiger partial charge in [0, 0.05) is 26.1 Å². The minimum atomic E-state index is 0.297. The van der Waals surface area contributed by atoms with Gasteiger partial charge in [0.2, 0.25) is 5.91 Å². The van der Waals surface area contributed by atoms with Gasteiger partial charge in [-0.25, -0.2) is 0 Å². The maximum absolute atomic E-state index is 12.1. The van der Waals surface area contributed by atoms with Gasteiger partial charge in [0.05, 0.1) is 6.10 Å². The predicted molar refractivity (Wildman–Crippen MR) is 83.7 cm³/mol. The highest BCUT2D eigenvalue weighted by Crippen LogP contribution is 2.24. The number of unbranched alkanes of at least 4 members (excludes halogenated alkanes) is 1. The van der Waals surface area contributed by atoms with Crippen LogP contribution < -0.4 is 0 Å². The Bertz CT molecular complexity index is 268. The fourth-order valence-corrected chi connectivity index (χ4v) is 2.94. The van der Waals surface area contributed by atoms with Crippen molar-refractivity contribution in [2.24, 2.45) is 11.8 Å². The van der Waals surface area contributed by atoms with E-state index < -0.39 is 0 Å². The van der Waals surface area contributed by atoms with Gasteiger partial charge < -0.3 is 9.64 Å². The van der Waals surface area contributed by atoms with Crippen molar-refractivity contribution >= 4 is 5.91 Å². The normalized spacial score (nSPS) is 17.2. The minimum Gasteiger partial charge on any atom is -0.379 e. The Hall–Kier alpha value is -0.570. The van der Waals surface area contributed by atoms with Crippen LogP contribution >= 0.6 is 0 Å². The van der Waals surface area contributed by atoms with Crippen LogP contribution in [0.4, 0.5) is 0 Å². The van der Waals surface area contributed by atoms with E-state index in [1.807, 2.05) is 13.8 Å². The zero-order chi connectivity index (χ0) is 15.0. The van der Waals surface area contributed by atoms with Crippen molar-refractivity contribution < 1.29 is 9.53 Å². The van der Waals surface area contributed by atoms with Crippen LogP contribution in [0.5, 0.6) is 0 Å². The highest BCUT2D eigenvalue weighted by molar-refractivity contribution is 5.76. The number of rotatable bonds is 8. The molecule has 0 N–H and O–H groups in total. The molecule has 0 radical (unpaired) electrons. The third kappa shape index (κ3) is 7.28. The summed E-state index contributed by atoms with van der Waals surface area (Å²) in [5.41, 5.74) is 0. The third-order valence-electron chi connectivity index (χ3n) is 4.01. The van der Waals surface area contributed by atoms with Crippen molar-refractivity contribution in [2.45, 2.75) is 72.3 Å². The molecule has 0 saturated carbocycles. The molecule has 20 heavy (non-hydrogen) atoms. The van der Waals surface area contributed by atoms with Gasteiger partial charge in [-0.3, -0.25) is 4.79 Å². The predicted octanol–water partition coefficient (Wildman–Crippen LogP) is 3.87. The maximum atomic E-state index is 12.1. The molecule has 0 aromatic carbocycles. The molecule has 1 rings (SSSR count).